The van der Waals surface area contributed by atoms with Gasteiger partial charge in [0.1, 0.15) is 0 Å². The van der Waals surface area contributed by atoms with Crippen LogP contribution in [0.4, 0.5) is 0 Å². The van der Waals surface area contributed by atoms with Crippen molar-refractivity contribution in [3.63, 3.8) is 0 Å². The molecule has 13 heavy (non-hydrogen) atoms. The maximum absolute atomic E-state index is 4.35. The zero-order chi connectivity index (χ0) is 10.3. The second-order valence-corrected chi connectivity index (χ2v) is 3.23. The molecule has 2 heteroatoms. The number of nitrogens with zero attached hydrogens (tertiary/aromatic N) is 1. The summed E-state index contributed by atoms with van der Waals surface area (Å²) in [6, 6.07) is 0. The number of rotatable bonds is 3. The Bertz CT molecular complexity index is 248. The zero-order valence-electron chi connectivity index (χ0n) is 8.63. The Hall–Kier alpha value is -0.890. The number of hydrogen-bond donors (Lipinski definition) is 0. The molecule has 1 aromatic heterocycles. The first kappa shape index (κ1) is 12.1. The van der Waals surface area contributed by atoms with Crippen molar-refractivity contribution in [1.82, 2.24) is 4.98 Å². The molecule has 0 saturated carbocycles. The normalized spacial score (nSPS) is 8.54. The molecule has 0 aliphatic rings. The quantitative estimate of drug-likeness (QED) is 0.710. The summed E-state index contributed by atoms with van der Waals surface area (Å²) in [5.74, 6) is 0. The molecule has 0 spiro atoms. The Labute approximate surface area is 84.8 Å². The monoisotopic (exact) mass is 195 g/mol. The highest BCUT2D eigenvalue weighted by Crippen LogP contribution is 2.20. The smallest absolute Gasteiger partial charge is 0.0935 e. The summed E-state index contributed by atoms with van der Waals surface area (Å²) in [7, 11) is 0. The van der Waals surface area contributed by atoms with Crippen LogP contribution < -0.4 is 0 Å². The Balaban J connectivity index is 0.000000671. The van der Waals surface area contributed by atoms with Gasteiger partial charge in [-0.2, -0.15) is 0 Å². The predicted octanol–water partition coefficient (Wildman–Crippen LogP) is 4.02. The maximum Gasteiger partial charge on any atom is 0.0935 e. The first-order valence-corrected chi connectivity index (χ1v) is 5.38. The van der Waals surface area contributed by atoms with Gasteiger partial charge in [0.05, 0.1) is 15.6 Å². The number of aromatic nitrogens is 1. The lowest BCUT2D eigenvalue weighted by molar-refractivity contribution is 1.09. The van der Waals surface area contributed by atoms with Crippen LogP contribution in [0, 0.1) is 0 Å². The van der Waals surface area contributed by atoms with E-state index in [0.29, 0.717) is 0 Å². The van der Waals surface area contributed by atoms with Gasteiger partial charge in [-0.15, -0.1) is 11.3 Å². The zero-order valence-corrected chi connectivity index (χ0v) is 9.45. The third-order valence-electron chi connectivity index (χ3n) is 1.41. The van der Waals surface area contributed by atoms with Crippen molar-refractivity contribution in [1.29, 1.82) is 0 Å². The van der Waals surface area contributed by atoms with Crippen molar-refractivity contribution >= 4 is 23.5 Å². The molecule has 0 aliphatic carbocycles. The fourth-order valence-corrected chi connectivity index (χ4v) is 1.69. The molecule has 0 saturated heterocycles. The summed E-state index contributed by atoms with van der Waals surface area (Å²) in [5, 5.41) is 1.15. The molecule has 0 radical (unpaired) electrons. The minimum Gasteiger partial charge on any atom is -0.241 e. The van der Waals surface area contributed by atoms with Crippen LogP contribution in [-0.4, -0.2) is 4.98 Å². The lowest BCUT2D eigenvalue weighted by atomic mass is 10.3. The average Bonchev–Trinajstić information content (AvgIpc) is 2.63. The van der Waals surface area contributed by atoms with Crippen molar-refractivity contribution < 1.29 is 0 Å². The van der Waals surface area contributed by atoms with Crippen LogP contribution in [0.5, 0.6) is 0 Å². The van der Waals surface area contributed by atoms with E-state index in [-0.39, 0.29) is 0 Å². The van der Waals surface area contributed by atoms with Crippen molar-refractivity contribution in [2.75, 3.05) is 0 Å². The lowest BCUT2D eigenvalue weighted by Gasteiger charge is -1.83. The van der Waals surface area contributed by atoms with Gasteiger partial charge in [-0.3, -0.25) is 0 Å². The topological polar surface area (TPSA) is 12.9 Å². The summed E-state index contributed by atoms with van der Waals surface area (Å²) in [5.41, 5.74) is 0.960. The minimum absolute atomic E-state index is 0.960. The van der Waals surface area contributed by atoms with Gasteiger partial charge in [0, 0.05) is 0 Å². The van der Waals surface area contributed by atoms with Crippen molar-refractivity contribution in [3.05, 3.63) is 28.7 Å². The van der Waals surface area contributed by atoms with Gasteiger partial charge < -0.3 is 0 Å². The predicted molar refractivity (Wildman–Crippen MR) is 63.0 cm³/mol. The molecule has 0 atom stereocenters. The molecule has 0 fully saturated rings. The average molecular weight is 195 g/mol. The Morgan fingerprint density at radius 1 is 1.31 bits per heavy atom. The molecular formula is C11H17NS. The van der Waals surface area contributed by atoms with E-state index in [4.69, 9.17) is 0 Å². The Morgan fingerprint density at radius 3 is 2.23 bits per heavy atom. The molecule has 0 aromatic carbocycles. The fourth-order valence-electron chi connectivity index (χ4n) is 0.835. The van der Waals surface area contributed by atoms with Gasteiger partial charge >= 0.3 is 0 Å². The molecular weight excluding hydrogens is 178 g/mol. The summed E-state index contributed by atoms with van der Waals surface area (Å²) in [4.78, 5) is 5.47. The molecule has 0 N–H and O–H groups in total. The Morgan fingerprint density at radius 2 is 1.92 bits per heavy atom. The number of aryl methyl sites for hydroxylation is 1. The van der Waals surface area contributed by atoms with Gasteiger partial charge in [-0.05, 0) is 18.6 Å². The summed E-state index contributed by atoms with van der Waals surface area (Å²) < 4.78 is 0. The van der Waals surface area contributed by atoms with Crippen molar-refractivity contribution in [2.45, 2.75) is 27.2 Å². The molecule has 1 heterocycles. The van der Waals surface area contributed by atoms with Crippen LogP contribution in [-0.2, 0) is 6.42 Å². The first-order chi connectivity index (χ1) is 6.31. The third kappa shape index (κ3) is 3.15. The van der Waals surface area contributed by atoms with E-state index in [1.807, 2.05) is 19.9 Å². The largest absolute Gasteiger partial charge is 0.241 e. The lowest BCUT2D eigenvalue weighted by Crippen LogP contribution is -1.77. The first-order valence-electron chi connectivity index (χ1n) is 4.56. The van der Waals surface area contributed by atoms with Gasteiger partial charge in [0.2, 0.25) is 0 Å². The van der Waals surface area contributed by atoms with E-state index in [9.17, 15) is 0 Å². The van der Waals surface area contributed by atoms with Gasteiger partial charge in [-0.25, -0.2) is 4.98 Å². The highest BCUT2D eigenvalue weighted by atomic mass is 32.1. The van der Waals surface area contributed by atoms with E-state index < -0.39 is 0 Å². The van der Waals surface area contributed by atoms with E-state index >= 15 is 0 Å². The van der Waals surface area contributed by atoms with Crippen LogP contribution in [0.2, 0.25) is 0 Å². The van der Waals surface area contributed by atoms with Crippen LogP contribution in [0.15, 0.2) is 13.2 Å². The fraction of sp³-hybridized carbons (Fsp3) is 0.364. The highest BCUT2D eigenvalue weighted by molar-refractivity contribution is 7.12. The van der Waals surface area contributed by atoms with Gasteiger partial charge in [0.15, 0.2) is 0 Å². The molecule has 0 bridgehead atoms. The number of hydrogen-bond acceptors (Lipinski definition) is 2. The van der Waals surface area contributed by atoms with Crippen LogP contribution in [0.25, 0.3) is 12.2 Å². The van der Waals surface area contributed by atoms with Crippen molar-refractivity contribution in [3.8, 4) is 0 Å². The number of thiazole rings is 1. The van der Waals surface area contributed by atoms with Gasteiger partial charge in [-0.1, -0.05) is 33.9 Å². The standard InChI is InChI=1S/C9H11NS.C2H6/c1-4-7-8(5-2)11-9(6-3)10-7;1-2/h4-5H,1-2,6H2,3H3;1-2H3. The molecule has 0 unspecified atom stereocenters. The minimum atomic E-state index is 0.960. The molecule has 1 aromatic rings. The highest BCUT2D eigenvalue weighted by Gasteiger charge is 2.02. The van der Waals surface area contributed by atoms with E-state index in [1.54, 1.807) is 17.4 Å². The molecule has 1 rings (SSSR count). The maximum atomic E-state index is 4.35. The summed E-state index contributed by atoms with van der Waals surface area (Å²) in [6.45, 7) is 13.5. The van der Waals surface area contributed by atoms with E-state index in [1.165, 1.54) is 0 Å². The molecule has 0 aliphatic heterocycles. The summed E-state index contributed by atoms with van der Waals surface area (Å²) in [6.07, 6.45) is 4.58. The van der Waals surface area contributed by atoms with Crippen LogP contribution in [0.3, 0.4) is 0 Å². The van der Waals surface area contributed by atoms with Gasteiger partial charge in [0.25, 0.3) is 0 Å². The second-order valence-electron chi connectivity index (χ2n) is 2.12. The second kappa shape index (κ2) is 6.61. The SMILES string of the molecule is C=Cc1nc(CC)sc1C=C.CC. The van der Waals surface area contributed by atoms with E-state index in [0.717, 1.165) is 22.0 Å². The van der Waals surface area contributed by atoms with Crippen LogP contribution >= 0.6 is 11.3 Å². The van der Waals surface area contributed by atoms with Crippen molar-refractivity contribution in [2.24, 2.45) is 0 Å². The molecule has 72 valence electrons. The third-order valence-corrected chi connectivity index (χ3v) is 2.62. The summed E-state index contributed by atoms with van der Waals surface area (Å²) >= 11 is 1.68. The van der Waals surface area contributed by atoms with E-state index in [2.05, 4.69) is 25.1 Å². The Kier molecular flexibility index (Phi) is 6.15. The van der Waals surface area contributed by atoms with Crippen LogP contribution in [0.1, 0.15) is 36.3 Å². The molecule has 0 amide bonds. The molecule has 1 nitrogen and oxygen atoms in total.